The fraction of sp³-hybridized carbons (Fsp3) is 0.692. The Hall–Kier alpha value is -0.720. The highest BCUT2D eigenvalue weighted by molar-refractivity contribution is 9.10. The SMILES string of the molecule is CNc1nc(C2(OC)CCCC2)nc(COC)c1Br. The maximum atomic E-state index is 5.75. The van der Waals surface area contributed by atoms with Crippen molar-refractivity contribution in [3.63, 3.8) is 0 Å². The first kappa shape index (κ1) is 14.7. The molecule has 1 aromatic rings. The number of rotatable bonds is 5. The molecular weight excluding hydrogens is 310 g/mol. The van der Waals surface area contributed by atoms with Crippen molar-refractivity contribution in [3.05, 3.63) is 16.0 Å². The van der Waals surface area contributed by atoms with Crippen molar-refractivity contribution in [3.8, 4) is 0 Å². The van der Waals surface area contributed by atoms with Crippen molar-refractivity contribution < 1.29 is 9.47 Å². The average molecular weight is 330 g/mol. The van der Waals surface area contributed by atoms with Gasteiger partial charge in [0.1, 0.15) is 11.4 Å². The number of anilines is 1. The van der Waals surface area contributed by atoms with Crippen LogP contribution >= 0.6 is 15.9 Å². The summed E-state index contributed by atoms with van der Waals surface area (Å²) in [6.07, 6.45) is 4.25. The third kappa shape index (κ3) is 2.75. The van der Waals surface area contributed by atoms with E-state index < -0.39 is 0 Å². The number of nitrogens with one attached hydrogen (secondary N) is 1. The van der Waals surface area contributed by atoms with E-state index in [-0.39, 0.29) is 5.60 Å². The van der Waals surface area contributed by atoms with Gasteiger partial charge in [0, 0.05) is 21.3 Å². The van der Waals surface area contributed by atoms with E-state index in [0.717, 1.165) is 47.5 Å². The van der Waals surface area contributed by atoms with Crippen LogP contribution in [0.15, 0.2) is 4.47 Å². The topological polar surface area (TPSA) is 56.3 Å². The zero-order valence-corrected chi connectivity index (χ0v) is 13.2. The normalized spacial score (nSPS) is 17.7. The van der Waals surface area contributed by atoms with Gasteiger partial charge < -0.3 is 14.8 Å². The molecule has 5 nitrogen and oxygen atoms in total. The molecule has 1 aliphatic carbocycles. The van der Waals surface area contributed by atoms with E-state index in [1.807, 2.05) is 7.05 Å². The zero-order valence-electron chi connectivity index (χ0n) is 11.6. The molecule has 0 bridgehead atoms. The number of ether oxygens (including phenoxy) is 2. The molecule has 1 heterocycles. The molecule has 6 heteroatoms. The summed E-state index contributed by atoms with van der Waals surface area (Å²) in [5, 5.41) is 3.09. The molecule has 1 aromatic heterocycles. The Morgan fingerprint density at radius 2 is 1.95 bits per heavy atom. The summed E-state index contributed by atoms with van der Waals surface area (Å²) < 4.78 is 11.8. The molecule has 1 fully saturated rings. The Labute approximate surface area is 122 Å². The number of halogens is 1. The first-order valence-corrected chi connectivity index (χ1v) is 7.25. The molecule has 0 radical (unpaired) electrons. The quantitative estimate of drug-likeness (QED) is 0.900. The third-order valence-corrected chi connectivity index (χ3v) is 4.48. The molecule has 0 spiro atoms. The maximum Gasteiger partial charge on any atom is 0.163 e. The van der Waals surface area contributed by atoms with Crippen LogP contribution < -0.4 is 5.32 Å². The summed E-state index contributed by atoms with van der Waals surface area (Å²) in [7, 11) is 5.25. The first-order chi connectivity index (χ1) is 9.16. The van der Waals surface area contributed by atoms with E-state index in [9.17, 15) is 0 Å². The summed E-state index contributed by atoms with van der Waals surface area (Å²) >= 11 is 3.52. The van der Waals surface area contributed by atoms with Gasteiger partial charge in [-0.3, -0.25) is 0 Å². The van der Waals surface area contributed by atoms with Gasteiger partial charge >= 0.3 is 0 Å². The van der Waals surface area contributed by atoms with Crippen LogP contribution in [-0.2, 0) is 21.7 Å². The van der Waals surface area contributed by atoms with E-state index in [1.54, 1.807) is 14.2 Å². The van der Waals surface area contributed by atoms with Gasteiger partial charge in [-0.1, -0.05) is 0 Å². The van der Waals surface area contributed by atoms with Crippen LogP contribution in [0.3, 0.4) is 0 Å². The van der Waals surface area contributed by atoms with Gasteiger partial charge in [0.15, 0.2) is 5.82 Å². The average Bonchev–Trinajstić information content (AvgIpc) is 2.91. The highest BCUT2D eigenvalue weighted by Gasteiger charge is 2.39. The lowest BCUT2D eigenvalue weighted by atomic mass is 10.0. The Morgan fingerprint density at radius 3 is 2.47 bits per heavy atom. The van der Waals surface area contributed by atoms with Crippen molar-refractivity contribution in [1.82, 2.24) is 9.97 Å². The molecule has 1 N–H and O–H groups in total. The van der Waals surface area contributed by atoms with Gasteiger partial charge in [-0.2, -0.15) is 0 Å². The Morgan fingerprint density at radius 1 is 1.26 bits per heavy atom. The van der Waals surface area contributed by atoms with Crippen LogP contribution in [-0.4, -0.2) is 31.2 Å². The molecule has 0 amide bonds. The summed E-state index contributed by atoms with van der Waals surface area (Å²) in [6, 6.07) is 0. The summed E-state index contributed by atoms with van der Waals surface area (Å²) in [6.45, 7) is 0.449. The first-order valence-electron chi connectivity index (χ1n) is 6.45. The van der Waals surface area contributed by atoms with Crippen molar-refractivity contribution in [2.75, 3.05) is 26.6 Å². The van der Waals surface area contributed by atoms with Gasteiger partial charge in [0.05, 0.1) is 16.8 Å². The van der Waals surface area contributed by atoms with Crippen molar-refractivity contribution >= 4 is 21.7 Å². The van der Waals surface area contributed by atoms with E-state index in [0.29, 0.717) is 6.61 Å². The minimum Gasteiger partial charge on any atom is -0.378 e. The Balaban J connectivity index is 2.47. The third-order valence-electron chi connectivity index (χ3n) is 3.65. The standard InChI is InChI=1S/C13H20BrN3O2/c1-15-11-10(14)9(8-18-2)16-12(17-11)13(19-3)6-4-5-7-13/h4-8H2,1-3H3,(H,15,16,17). The van der Waals surface area contributed by atoms with Gasteiger partial charge in [-0.05, 0) is 41.6 Å². The lowest BCUT2D eigenvalue weighted by Gasteiger charge is -2.26. The Kier molecular flexibility index (Phi) is 4.76. The van der Waals surface area contributed by atoms with Gasteiger partial charge in [-0.15, -0.1) is 0 Å². The predicted molar refractivity (Wildman–Crippen MR) is 77.1 cm³/mol. The summed E-state index contributed by atoms with van der Waals surface area (Å²) in [5.41, 5.74) is 0.509. The fourth-order valence-corrected chi connectivity index (χ4v) is 3.05. The van der Waals surface area contributed by atoms with E-state index in [1.165, 1.54) is 0 Å². The smallest absolute Gasteiger partial charge is 0.163 e. The molecule has 19 heavy (non-hydrogen) atoms. The number of hydrogen-bond donors (Lipinski definition) is 1. The van der Waals surface area contributed by atoms with Crippen LogP contribution in [0.25, 0.3) is 0 Å². The number of hydrogen-bond acceptors (Lipinski definition) is 5. The molecule has 1 aliphatic rings. The minimum atomic E-state index is -0.339. The van der Waals surface area contributed by atoms with Gasteiger partial charge in [0.25, 0.3) is 0 Å². The Bertz CT molecular complexity index is 448. The van der Waals surface area contributed by atoms with Crippen molar-refractivity contribution in [1.29, 1.82) is 0 Å². The monoisotopic (exact) mass is 329 g/mol. The molecule has 0 atom stereocenters. The van der Waals surface area contributed by atoms with Crippen LogP contribution in [0.4, 0.5) is 5.82 Å². The summed E-state index contributed by atoms with van der Waals surface area (Å²) in [5.74, 6) is 1.53. The highest BCUT2D eigenvalue weighted by atomic mass is 79.9. The number of nitrogens with zero attached hydrogens (tertiary/aromatic N) is 2. The molecule has 106 valence electrons. The molecular formula is C13H20BrN3O2. The predicted octanol–water partition coefficient (Wildman–Crippen LogP) is 2.84. The van der Waals surface area contributed by atoms with Crippen LogP contribution in [0, 0.1) is 0 Å². The molecule has 1 saturated carbocycles. The summed E-state index contributed by atoms with van der Waals surface area (Å²) in [4.78, 5) is 9.26. The lowest BCUT2D eigenvalue weighted by Crippen LogP contribution is -2.28. The zero-order chi connectivity index (χ0) is 13.9. The molecule has 2 rings (SSSR count). The van der Waals surface area contributed by atoms with Crippen molar-refractivity contribution in [2.45, 2.75) is 37.9 Å². The molecule has 0 aliphatic heterocycles. The largest absolute Gasteiger partial charge is 0.378 e. The molecule has 0 saturated heterocycles. The van der Waals surface area contributed by atoms with E-state index >= 15 is 0 Å². The highest BCUT2D eigenvalue weighted by Crippen LogP contribution is 2.41. The molecule has 0 unspecified atom stereocenters. The molecule has 0 aromatic carbocycles. The second-order valence-corrected chi connectivity index (χ2v) is 5.54. The second kappa shape index (κ2) is 6.15. The minimum absolute atomic E-state index is 0.339. The fourth-order valence-electron chi connectivity index (χ4n) is 2.56. The number of aromatic nitrogens is 2. The lowest BCUT2D eigenvalue weighted by molar-refractivity contribution is -0.0166. The maximum absolute atomic E-state index is 5.75. The second-order valence-electron chi connectivity index (χ2n) is 4.75. The van der Waals surface area contributed by atoms with Crippen molar-refractivity contribution in [2.24, 2.45) is 0 Å². The van der Waals surface area contributed by atoms with Crippen LogP contribution in [0.1, 0.15) is 37.2 Å². The van der Waals surface area contributed by atoms with Gasteiger partial charge in [0.2, 0.25) is 0 Å². The van der Waals surface area contributed by atoms with E-state index in [2.05, 4.69) is 31.2 Å². The van der Waals surface area contributed by atoms with Crippen LogP contribution in [0.2, 0.25) is 0 Å². The van der Waals surface area contributed by atoms with E-state index in [4.69, 9.17) is 9.47 Å². The van der Waals surface area contributed by atoms with Gasteiger partial charge in [-0.25, -0.2) is 9.97 Å². The van der Waals surface area contributed by atoms with Crippen LogP contribution in [0.5, 0.6) is 0 Å². The number of methoxy groups -OCH3 is 2.